The average Bonchev–Trinajstić information content (AvgIpc) is 2.21. The molecule has 0 heterocycles. The summed E-state index contributed by atoms with van der Waals surface area (Å²) in [6, 6.07) is 0. The first-order chi connectivity index (χ1) is 9.73. The van der Waals surface area contributed by atoms with Crippen LogP contribution in [0.3, 0.4) is 0 Å². The molecule has 1 amide bonds. The summed E-state index contributed by atoms with van der Waals surface area (Å²) in [5.74, 6) is 3.21. The zero-order chi connectivity index (χ0) is 15.3. The van der Waals surface area contributed by atoms with Crippen LogP contribution in [0.1, 0.15) is 59.3 Å². The number of hydrogen-bond acceptors (Lipinski definition) is 3. The molecule has 4 aliphatic rings. The third-order valence-electron chi connectivity index (χ3n) is 5.11. The minimum atomic E-state index is -0.481. The molecule has 4 bridgehead atoms. The molecular weight excluding hydrogens is 264 g/mol. The van der Waals surface area contributed by atoms with Crippen LogP contribution in [-0.4, -0.2) is 17.2 Å². The number of carbonyl (C=O) groups is 1. The van der Waals surface area contributed by atoms with Crippen molar-refractivity contribution < 1.29 is 9.53 Å². The van der Waals surface area contributed by atoms with E-state index in [-0.39, 0.29) is 5.54 Å². The van der Waals surface area contributed by atoms with E-state index in [0.717, 1.165) is 17.8 Å². The highest BCUT2D eigenvalue weighted by molar-refractivity contribution is 5.69. The van der Waals surface area contributed by atoms with Crippen molar-refractivity contribution in [1.82, 2.24) is 10.6 Å². The molecule has 21 heavy (non-hydrogen) atoms. The molecule has 0 radical (unpaired) electrons. The summed E-state index contributed by atoms with van der Waals surface area (Å²) in [7, 11) is 0. The largest absolute Gasteiger partial charge is 0.444 e. The first-order valence-corrected chi connectivity index (χ1v) is 8.20. The second-order valence-electron chi connectivity index (χ2n) is 8.43. The Morgan fingerprint density at radius 3 is 2.00 bits per heavy atom. The number of carbonyl (C=O) groups excluding carboxylic acids is 1. The quantitative estimate of drug-likeness (QED) is 0.836. The van der Waals surface area contributed by atoms with Crippen molar-refractivity contribution in [1.29, 1.82) is 0 Å². The molecule has 0 aliphatic heterocycles. The van der Waals surface area contributed by atoms with Crippen LogP contribution < -0.4 is 10.6 Å². The molecule has 0 aromatic heterocycles. The van der Waals surface area contributed by atoms with Crippen LogP contribution in [-0.2, 0) is 4.74 Å². The monoisotopic (exact) mass is 292 g/mol. The molecule has 0 unspecified atom stereocenters. The Morgan fingerprint density at radius 2 is 1.57 bits per heavy atom. The van der Waals surface area contributed by atoms with E-state index in [0.29, 0.717) is 5.82 Å². The molecule has 4 nitrogen and oxygen atoms in total. The Hall–Kier alpha value is -1.19. The normalized spacial score (nSPS) is 37.2. The molecule has 0 aromatic rings. The smallest absolute Gasteiger partial charge is 0.413 e. The van der Waals surface area contributed by atoms with Gasteiger partial charge in [0.1, 0.15) is 11.4 Å². The van der Waals surface area contributed by atoms with E-state index >= 15 is 0 Å². The second kappa shape index (κ2) is 4.92. The summed E-state index contributed by atoms with van der Waals surface area (Å²) in [6.45, 7) is 9.57. The number of rotatable bonds is 3. The van der Waals surface area contributed by atoms with Crippen molar-refractivity contribution in [2.24, 2.45) is 17.8 Å². The summed E-state index contributed by atoms with van der Waals surface area (Å²) >= 11 is 0. The van der Waals surface area contributed by atoms with Gasteiger partial charge in [0.25, 0.3) is 0 Å². The SMILES string of the molecule is C=C(NC(=O)OC(C)(C)C)NC12CC3CC(CC(C3)C1)C2. The maximum absolute atomic E-state index is 11.8. The summed E-state index contributed by atoms with van der Waals surface area (Å²) < 4.78 is 5.28. The molecule has 2 N–H and O–H groups in total. The Bertz CT molecular complexity index is 415. The average molecular weight is 292 g/mol. The molecule has 4 rings (SSSR count). The van der Waals surface area contributed by atoms with E-state index in [9.17, 15) is 4.79 Å². The first kappa shape index (κ1) is 14.7. The van der Waals surface area contributed by atoms with E-state index in [2.05, 4.69) is 17.2 Å². The van der Waals surface area contributed by atoms with Gasteiger partial charge in [-0.05, 0) is 77.0 Å². The van der Waals surface area contributed by atoms with E-state index in [4.69, 9.17) is 4.74 Å². The van der Waals surface area contributed by atoms with E-state index in [1.807, 2.05) is 20.8 Å². The van der Waals surface area contributed by atoms with Crippen molar-refractivity contribution in [3.63, 3.8) is 0 Å². The van der Waals surface area contributed by atoms with Crippen molar-refractivity contribution in [2.75, 3.05) is 0 Å². The third kappa shape index (κ3) is 3.35. The topological polar surface area (TPSA) is 50.4 Å². The van der Waals surface area contributed by atoms with Crippen LogP contribution in [0.25, 0.3) is 0 Å². The number of alkyl carbamates (subject to hydrolysis) is 1. The minimum absolute atomic E-state index is 0.168. The molecule has 0 spiro atoms. The zero-order valence-electron chi connectivity index (χ0n) is 13.5. The van der Waals surface area contributed by atoms with Crippen molar-refractivity contribution in [3.8, 4) is 0 Å². The fourth-order valence-electron chi connectivity index (χ4n) is 5.04. The molecule has 0 aromatic carbocycles. The highest BCUT2D eigenvalue weighted by Gasteiger charge is 2.51. The third-order valence-corrected chi connectivity index (χ3v) is 5.11. The maximum atomic E-state index is 11.8. The minimum Gasteiger partial charge on any atom is -0.444 e. The number of amides is 1. The van der Waals surface area contributed by atoms with Crippen LogP contribution in [0.15, 0.2) is 12.4 Å². The first-order valence-electron chi connectivity index (χ1n) is 8.20. The van der Waals surface area contributed by atoms with Gasteiger partial charge in [-0.2, -0.15) is 0 Å². The van der Waals surface area contributed by atoms with Gasteiger partial charge in [0.15, 0.2) is 0 Å². The van der Waals surface area contributed by atoms with Crippen LogP contribution in [0, 0.1) is 17.8 Å². The lowest BCUT2D eigenvalue weighted by Gasteiger charge is -2.57. The molecule has 0 saturated heterocycles. The zero-order valence-corrected chi connectivity index (χ0v) is 13.5. The standard InChI is InChI=1S/C17H28N2O2/c1-11(18-15(20)21-16(2,3)4)19-17-8-12-5-13(9-17)7-14(6-12)10-17/h12-14,19H,1,5-10H2,2-4H3,(H,18,20). The Morgan fingerprint density at radius 1 is 1.10 bits per heavy atom. The van der Waals surface area contributed by atoms with E-state index < -0.39 is 11.7 Å². The van der Waals surface area contributed by atoms with Gasteiger partial charge in [0.05, 0.1) is 0 Å². The predicted molar refractivity (Wildman–Crippen MR) is 82.5 cm³/mol. The fourth-order valence-corrected chi connectivity index (χ4v) is 5.04. The maximum Gasteiger partial charge on any atom is 0.413 e. The van der Waals surface area contributed by atoms with Crippen molar-refractivity contribution in [2.45, 2.75) is 70.4 Å². The van der Waals surface area contributed by atoms with Gasteiger partial charge in [0, 0.05) is 5.54 Å². The molecule has 4 heteroatoms. The highest BCUT2D eigenvalue weighted by atomic mass is 16.6. The van der Waals surface area contributed by atoms with Crippen LogP contribution >= 0.6 is 0 Å². The van der Waals surface area contributed by atoms with E-state index in [1.54, 1.807) is 0 Å². The van der Waals surface area contributed by atoms with Gasteiger partial charge in [0.2, 0.25) is 0 Å². The Kier molecular flexibility index (Phi) is 3.45. The summed E-state index contributed by atoms with van der Waals surface area (Å²) in [5, 5.41) is 6.28. The van der Waals surface area contributed by atoms with Crippen molar-refractivity contribution >= 4 is 6.09 Å². The van der Waals surface area contributed by atoms with Gasteiger partial charge < -0.3 is 10.1 Å². The van der Waals surface area contributed by atoms with Crippen LogP contribution in [0.5, 0.6) is 0 Å². The van der Waals surface area contributed by atoms with Gasteiger partial charge in [-0.25, -0.2) is 4.79 Å². The number of nitrogens with one attached hydrogen (secondary N) is 2. The van der Waals surface area contributed by atoms with E-state index in [1.165, 1.54) is 38.5 Å². The molecule has 0 atom stereocenters. The highest BCUT2D eigenvalue weighted by Crippen LogP contribution is 2.55. The number of ether oxygens (including phenoxy) is 1. The summed E-state index contributed by atoms with van der Waals surface area (Å²) in [4.78, 5) is 11.8. The fraction of sp³-hybridized carbons (Fsp3) is 0.824. The summed E-state index contributed by atoms with van der Waals surface area (Å²) in [6.07, 6.45) is 7.49. The molecule has 118 valence electrons. The molecule has 4 aliphatic carbocycles. The Labute approximate surface area is 127 Å². The molecular formula is C17H28N2O2. The molecule has 4 fully saturated rings. The van der Waals surface area contributed by atoms with Gasteiger partial charge in [-0.1, -0.05) is 6.58 Å². The lowest BCUT2D eigenvalue weighted by atomic mass is 9.53. The van der Waals surface area contributed by atoms with Crippen molar-refractivity contribution in [3.05, 3.63) is 12.4 Å². The molecule has 4 saturated carbocycles. The van der Waals surface area contributed by atoms with Crippen LogP contribution in [0.4, 0.5) is 4.79 Å². The van der Waals surface area contributed by atoms with Crippen LogP contribution in [0.2, 0.25) is 0 Å². The second-order valence-corrected chi connectivity index (χ2v) is 8.43. The van der Waals surface area contributed by atoms with Gasteiger partial charge >= 0.3 is 6.09 Å². The number of hydrogen-bond donors (Lipinski definition) is 2. The summed E-state index contributed by atoms with van der Waals surface area (Å²) in [5.41, 5.74) is -0.314. The van der Waals surface area contributed by atoms with Gasteiger partial charge in [-0.3, -0.25) is 5.32 Å². The predicted octanol–water partition coefficient (Wildman–Crippen LogP) is 3.54. The Balaban J connectivity index is 1.56. The lowest BCUT2D eigenvalue weighted by molar-refractivity contribution is -0.0158. The van der Waals surface area contributed by atoms with Gasteiger partial charge in [-0.15, -0.1) is 0 Å². The lowest BCUT2D eigenvalue weighted by Crippen LogP contribution is -2.59.